The van der Waals surface area contributed by atoms with Crippen LogP contribution in [0.4, 0.5) is 0 Å². The molecule has 1 aliphatic rings. The van der Waals surface area contributed by atoms with Gasteiger partial charge in [0.05, 0.1) is 18.3 Å². The minimum Gasteiger partial charge on any atom is -0.390 e. The van der Waals surface area contributed by atoms with Crippen molar-refractivity contribution in [1.29, 1.82) is 0 Å². The van der Waals surface area contributed by atoms with E-state index in [1.165, 1.54) is 0 Å². The number of aromatic nitrogens is 4. The van der Waals surface area contributed by atoms with Crippen LogP contribution in [-0.4, -0.2) is 48.8 Å². The Labute approximate surface area is 135 Å². The molecule has 0 amide bonds. The molecular weight excluding hydrogens is 294 g/mol. The maximum atomic E-state index is 12.0. The van der Waals surface area contributed by atoms with Gasteiger partial charge in [-0.2, -0.15) is 10.2 Å². The first kappa shape index (κ1) is 15.9. The highest BCUT2D eigenvalue weighted by Crippen LogP contribution is 2.15. The van der Waals surface area contributed by atoms with Crippen molar-refractivity contribution in [3.63, 3.8) is 0 Å². The molecule has 1 N–H and O–H groups in total. The van der Waals surface area contributed by atoms with E-state index < -0.39 is 6.10 Å². The zero-order valence-electron chi connectivity index (χ0n) is 13.4. The van der Waals surface area contributed by atoms with E-state index in [1.807, 2.05) is 19.2 Å². The maximum absolute atomic E-state index is 12.0. The van der Waals surface area contributed by atoms with Crippen LogP contribution in [0.15, 0.2) is 29.3 Å². The van der Waals surface area contributed by atoms with Crippen molar-refractivity contribution >= 4 is 0 Å². The van der Waals surface area contributed by atoms with Gasteiger partial charge in [-0.25, -0.2) is 4.68 Å². The third-order valence-corrected chi connectivity index (χ3v) is 4.08. The maximum Gasteiger partial charge on any atom is 0.267 e. The molecule has 1 aliphatic heterocycles. The van der Waals surface area contributed by atoms with E-state index in [9.17, 15) is 9.90 Å². The van der Waals surface area contributed by atoms with Gasteiger partial charge in [-0.05, 0) is 18.1 Å². The van der Waals surface area contributed by atoms with Gasteiger partial charge in [0.25, 0.3) is 5.56 Å². The summed E-state index contributed by atoms with van der Waals surface area (Å²) in [7, 11) is 0. The number of aryl methyl sites for hydroxylation is 1. The highest BCUT2D eigenvalue weighted by atomic mass is 16.3. The lowest BCUT2D eigenvalue weighted by Crippen LogP contribution is -2.40. The molecule has 7 nitrogen and oxygen atoms in total. The van der Waals surface area contributed by atoms with Crippen LogP contribution in [0.1, 0.15) is 24.6 Å². The minimum atomic E-state index is -0.482. The fraction of sp³-hybridized carbons (Fsp3) is 0.562. The van der Waals surface area contributed by atoms with Crippen LogP contribution < -0.4 is 5.56 Å². The fourth-order valence-corrected chi connectivity index (χ4v) is 3.01. The Kier molecular flexibility index (Phi) is 4.88. The predicted octanol–water partition coefficient (Wildman–Crippen LogP) is 0.269. The zero-order valence-corrected chi connectivity index (χ0v) is 13.4. The number of rotatable bonds is 6. The molecule has 0 spiro atoms. The van der Waals surface area contributed by atoms with Crippen molar-refractivity contribution in [2.45, 2.75) is 45.5 Å². The highest BCUT2D eigenvalue weighted by Gasteiger charge is 2.21. The molecule has 0 saturated heterocycles. The van der Waals surface area contributed by atoms with Crippen LogP contribution in [0.5, 0.6) is 0 Å². The lowest BCUT2D eigenvalue weighted by atomic mass is 10.1. The summed E-state index contributed by atoms with van der Waals surface area (Å²) in [6.45, 7) is 5.26. The van der Waals surface area contributed by atoms with Gasteiger partial charge in [0.1, 0.15) is 0 Å². The molecule has 2 aromatic heterocycles. The summed E-state index contributed by atoms with van der Waals surface area (Å²) in [5, 5.41) is 18.8. The molecular formula is C16H23N5O2. The normalized spacial score (nSPS) is 16.3. The third-order valence-electron chi connectivity index (χ3n) is 4.08. The largest absolute Gasteiger partial charge is 0.390 e. The number of hydrogen-bond donors (Lipinski definition) is 1. The number of aliphatic hydroxyl groups is 1. The summed E-state index contributed by atoms with van der Waals surface area (Å²) < 4.78 is 3.29. The number of aliphatic hydroxyl groups excluding tert-OH is 1. The molecule has 1 atom stereocenters. The third kappa shape index (κ3) is 3.86. The second-order valence-electron chi connectivity index (χ2n) is 6.04. The fourth-order valence-electron chi connectivity index (χ4n) is 3.01. The standard InChI is InChI=1S/C16H23N5O2/c1-2-6-21-16(23)9-13-10-19(8-4-15(13)18-21)11-14(22)12-20-7-3-5-17-20/h3,5,7,9,14,22H,2,4,6,8,10-12H2,1H3. The average Bonchev–Trinajstić information content (AvgIpc) is 3.01. The molecule has 2 aromatic rings. The summed E-state index contributed by atoms with van der Waals surface area (Å²) in [6, 6.07) is 3.54. The van der Waals surface area contributed by atoms with Gasteiger partial charge in [0.15, 0.2) is 0 Å². The molecule has 0 fully saturated rings. The molecule has 0 bridgehead atoms. The van der Waals surface area contributed by atoms with Gasteiger partial charge < -0.3 is 5.11 Å². The second kappa shape index (κ2) is 7.06. The van der Waals surface area contributed by atoms with Crippen LogP contribution in [0.2, 0.25) is 0 Å². The number of fused-ring (bicyclic) bond motifs is 1. The van der Waals surface area contributed by atoms with Crippen molar-refractivity contribution in [2.24, 2.45) is 0 Å². The molecule has 0 radical (unpaired) electrons. The average molecular weight is 317 g/mol. The molecule has 124 valence electrons. The number of hydrogen-bond acceptors (Lipinski definition) is 5. The SMILES string of the molecule is CCCn1nc2c(cc1=O)CN(CC(O)Cn1cccn1)CC2. The Morgan fingerprint density at radius 1 is 1.39 bits per heavy atom. The topological polar surface area (TPSA) is 76.2 Å². The molecule has 7 heteroatoms. The van der Waals surface area contributed by atoms with Crippen LogP contribution in [0.3, 0.4) is 0 Å². The Morgan fingerprint density at radius 2 is 2.26 bits per heavy atom. The van der Waals surface area contributed by atoms with Crippen molar-refractivity contribution in [1.82, 2.24) is 24.5 Å². The van der Waals surface area contributed by atoms with E-state index in [0.29, 0.717) is 26.2 Å². The zero-order chi connectivity index (χ0) is 16.2. The van der Waals surface area contributed by atoms with Crippen LogP contribution >= 0.6 is 0 Å². The van der Waals surface area contributed by atoms with Gasteiger partial charge in [-0.1, -0.05) is 6.92 Å². The van der Waals surface area contributed by atoms with E-state index in [2.05, 4.69) is 15.1 Å². The van der Waals surface area contributed by atoms with E-state index in [-0.39, 0.29) is 5.56 Å². The monoisotopic (exact) mass is 317 g/mol. The Bertz CT molecular complexity index is 695. The van der Waals surface area contributed by atoms with Crippen LogP contribution in [0.25, 0.3) is 0 Å². The van der Waals surface area contributed by atoms with Crippen molar-refractivity contribution in [3.8, 4) is 0 Å². The molecule has 0 aromatic carbocycles. The summed E-state index contributed by atoms with van der Waals surface area (Å²) in [5.41, 5.74) is 1.96. The lowest BCUT2D eigenvalue weighted by Gasteiger charge is -2.29. The van der Waals surface area contributed by atoms with Crippen molar-refractivity contribution in [3.05, 3.63) is 46.1 Å². The second-order valence-corrected chi connectivity index (χ2v) is 6.04. The quantitative estimate of drug-likeness (QED) is 0.827. The molecule has 3 rings (SSSR count). The van der Waals surface area contributed by atoms with Gasteiger partial charge >= 0.3 is 0 Å². The summed E-state index contributed by atoms with van der Waals surface area (Å²) in [6.07, 6.45) is 4.78. The van der Waals surface area contributed by atoms with Gasteiger partial charge in [-0.15, -0.1) is 0 Å². The van der Waals surface area contributed by atoms with Crippen molar-refractivity contribution < 1.29 is 5.11 Å². The Morgan fingerprint density at radius 3 is 3.00 bits per heavy atom. The van der Waals surface area contributed by atoms with E-state index in [0.717, 1.165) is 30.6 Å². The van der Waals surface area contributed by atoms with Gasteiger partial charge in [0, 0.05) is 51.1 Å². The van der Waals surface area contributed by atoms with E-state index in [1.54, 1.807) is 21.6 Å². The van der Waals surface area contributed by atoms with Gasteiger partial charge in [-0.3, -0.25) is 14.4 Å². The molecule has 0 saturated carbocycles. The van der Waals surface area contributed by atoms with E-state index in [4.69, 9.17) is 0 Å². The molecule has 3 heterocycles. The van der Waals surface area contributed by atoms with Crippen LogP contribution in [0, 0.1) is 0 Å². The highest BCUT2D eigenvalue weighted by molar-refractivity contribution is 5.20. The first-order valence-electron chi connectivity index (χ1n) is 8.13. The number of nitrogens with zero attached hydrogens (tertiary/aromatic N) is 5. The molecule has 1 unspecified atom stereocenters. The Hall–Kier alpha value is -1.99. The molecule has 23 heavy (non-hydrogen) atoms. The summed E-state index contributed by atoms with van der Waals surface area (Å²) >= 11 is 0. The first-order chi connectivity index (χ1) is 11.2. The summed E-state index contributed by atoms with van der Waals surface area (Å²) in [5.74, 6) is 0. The number of β-amino-alcohol motifs (C(OH)–C–C–N with tert-alkyl or cyclic N) is 1. The lowest BCUT2D eigenvalue weighted by molar-refractivity contribution is 0.0882. The predicted molar refractivity (Wildman–Crippen MR) is 86.0 cm³/mol. The van der Waals surface area contributed by atoms with Crippen molar-refractivity contribution in [2.75, 3.05) is 13.1 Å². The Balaban J connectivity index is 1.63. The van der Waals surface area contributed by atoms with Gasteiger partial charge in [0.2, 0.25) is 0 Å². The summed E-state index contributed by atoms with van der Waals surface area (Å²) in [4.78, 5) is 14.2. The minimum absolute atomic E-state index is 0.0375. The van der Waals surface area contributed by atoms with Crippen LogP contribution in [-0.2, 0) is 26.1 Å². The first-order valence-corrected chi connectivity index (χ1v) is 8.13. The van der Waals surface area contributed by atoms with E-state index >= 15 is 0 Å². The smallest absolute Gasteiger partial charge is 0.267 e. The molecule has 0 aliphatic carbocycles.